The van der Waals surface area contributed by atoms with Gasteiger partial charge in [-0.2, -0.15) is 5.10 Å². The zero-order chi connectivity index (χ0) is 18.8. The lowest BCUT2D eigenvalue weighted by molar-refractivity contribution is -0.138. The van der Waals surface area contributed by atoms with Crippen molar-refractivity contribution in [2.24, 2.45) is 11.0 Å². The number of aromatic nitrogens is 3. The smallest absolute Gasteiger partial charge is 0.246 e. The summed E-state index contributed by atoms with van der Waals surface area (Å²) in [5, 5.41) is 5.66. The molecule has 140 valence electrons. The van der Waals surface area contributed by atoms with Crippen molar-refractivity contribution in [1.29, 1.82) is 0 Å². The van der Waals surface area contributed by atoms with E-state index in [4.69, 9.17) is 0 Å². The molecule has 4 rings (SSSR count). The molecule has 7 nitrogen and oxygen atoms in total. The number of nitrogens with zero attached hydrogens (tertiary/aromatic N) is 6. The van der Waals surface area contributed by atoms with Crippen LogP contribution in [0.3, 0.4) is 0 Å². The Morgan fingerprint density at radius 2 is 1.78 bits per heavy atom. The zero-order valence-corrected chi connectivity index (χ0v) is 14.5. The van der Waals surface area contributed by atoms with Crippen molar-refractivity contribution < 1.29 is 13.6 Å². The molecule has 1 amide bonds. The third kappa shape index (κ3) is 3.62. The molecule has 2 aliphatic rings. The minimum absolute atomic E-state index is 0.0716. The van der Waals surface area contributed by atoms with Crippen molar-refractivity contribution in [3.63, 3.8) is 0 Å². The number of hydrazone groups is 1. The normalized spacial score (nSPS) is 20.3. The van der Waals surface area contributed by atoms with Crippen LogP contribution in [0.4, 0.5) is 14.7 Å². The van der Waals surface area contributed by atoms with Gasteiger partial charge in [0.25, 0.3) is 0 Å². The van der Waals surface area contributed by atoms with Crippen molar-refractivity contribution in [2.45, 2.75) is 25.3 Å². The molecule has 9 heteroatoms. The van der Waals surface area contributed by atoms with Crippen molar-refractivity contribution in [2.75, 3.05) is 18.0 Å². The van der Waals surface area contributed by atoms with Crippen LogP contribution >= 0.6 is 0 Å². The van der Waals surface area contributed by atoms with Crippen LogP contribution in [0.25, 0.3) is 0 Å². The second-order valence-corrected chi connectivity index (χ2v) is 6.63. The lowest BCUT2D eigenvalue weighted by Crippen LogP contribution is -2.41. The van der Waals surface area contributed by atoms with Gasteiger partial charge in [0.1, 0.15) is 5.82 Å². The van der Waals surface area contributed by atoms with Crippen molar-refractivity contribution in [3.05, 3.63) is 48.1 Å². The van der Waals surface area contributed by atoms with Crippen molar-refractivity contribution in [3.8, 4) is 0 Å². The molecule has 4 heterocycles. The van der Waals surface area contributed by atoms with E-state index < -0.39 is 11.6 Å². The summed E-state index contributed by atoms with van der Waals surface area (Å²) in [5.74, 6) is -0.697. The van der Waals surface area contributed by atoms with E-state index in [1.54, 1.807) is 12.4 Å². The van der Waals surface area contributed by atoms with Gasteiger partial charge in [-0.1, -0.05) is 0 Å². The molecule has 0 saturated carbocycles. The highest BCUT2D eigenvalue weighted by atomic mass is 19.1. The lowest BCUT2D eigenvalue weighted by Gasteiger charge is -2.33. The third-order valence-corrected chi connectivity index (χ3v) is 4.90. The van der Waals surface area contributed by atoms with Crippen LogP contribution in [0.1, 0.15) is 30.9 Å². The van der Waals surface area contributed by atoms with Gasteiger partial charge in [-0.25, -0.2) is 23.8 Å². The van der Waals surface area contributed by atoms with E-state index in [0.29, 0.717) is 43.9 Å². The van der Waals surface area contributed by atoms with Crippen LogP contribution in [0.5, 0.6) is 0 Å². The number of rotatable bonds is 3. The molecule has 1 fully saturated rings. The van der Waals surface area contributed by atoms with E-state index in [1.807, 2.05) is 4.90 Å². The van der Waals surface area contributed by atoms with Crippen molar-refractivity contribution >= 4 is 18.1 Å². The highest BCUT2D eigenvalue weighted by Gasteiger charge is 2.35. The maximum absolute atomic E-state index is 13.5. The molecule has 1 saturated heterocycles. The molecule has 0 spiro atoms. The van der Waals surface area contributed by atoms with Crippen LogP contribution < -0.4 is 4.90 Å². The number of halogens is 2. The molecule has 27 heavy (non-hydrogen) atoms. The molecule has 2 aromatic rings. The first-order valence-electron chi connectivity index (χ1n) is 8.80. The zero-order valence-electron chi connectivity index (χ0n) is 14.5. The summed E-state index contributed by atoms with van der Waals surface area (Å²) in [4.78, 5) is 26.7. The predicted octanol–water partition coefficient (Wildman–Crippen LogP) is 2.33. The summed E-state index contributed by atoms with van der Waals surface area (Å²) in [5.41, 5.74) is 0.637. The topological polar surface area (TPSA) is 74.6 Å². The SMILES string of the molecule is O=C(C1CCN(c2ncc(F)cn2)CC1)N1N=CC[C@H]1c1cncc(F)c1. The number of amides is 1. The Labute approximate surface area is 154 Å². The van der Waals surface area contributed by atoms with Gasteiger partial charge in [0, 0.05) is 37.8 Å². The van der Waals surface area contributed by atoms with Crippen LogP contribution in [-0.2, 0) is 4.79 Å². The highest BCUT2D eigenvalue weighted by Crippen LogP contribution is 2.32. The Morgan fingerprint density at radius 3 is 2.48 bits per heavy atom. The van der Waals surface area contributed by atoms with E-state index >= 15 is 0 Å². The summed E-state index contributed by atoms with van der Waals surface area (Å²) in [6.07, 6.45) is 8.44. The quantitative estimate of drug-likeness (QED) is 0.827. The molecule has 1 atom stereocenters. The number of piperidine rings is 1. The molecule has 2 aliphatic heterocycles. The van der Waals surface area contributed by atoms with E-state index in [2.05, 4.69) is 20.1 Å². The lowest BCUT2D eigenvalue weighted by atomic mass is 9.94. The van der Waals surface area contributed by atoms with Gasteiger partial charge in [-0.15, -0.1) is 0 Å². The first-order valence-corrected chi connectivity index (χ1v) is 8.80. The standard InChI is InChI=1S/C18H18F2N6O/c19-14-7-13(8-21-9-14)16-1-4-24-26(16)17(27)12-2-5-25(6-3-12)18-22-10-15(20)11-23-18/h4,7-12,16H,1-3,5-6H2/t16-/m0/s1. The second kappa shape index (κ2) is 7.34. The van der Waals surface area contributed by atoms with Gasteiger partial charge < -0.3 is 4.90 Å². The number of anilines is 1. The van der Waals surface area contributed by atoms with Gasteiger partial charge >= 0.3 is 0 Å². The van der Waals surface area contributed by atoms with E-state index in [1.165, 1.54) is 11.1 Å². The fraction of sp³-hybridized carbons (Fsp3) is 0.389. The average Bonchev–Trinajstić information content (AvgIpc) is 3.18. The average molecular weight is 372 g/mol. The number of carbonyl (C=O) groups excluding carboxylic acids is 1. The van der Waals surface area contributed by atoms with Gasteiger partial charge in [-0.3, -0.25) is 9.78 Å². The Bertz CT molecular complexity index is 851. The van der Waals surface area contributed by atoms with Gasteiger partial charge in [0.15, 0.2) is 5.82 Å². The molecule has 0 aromatic carbocycles. The molecule has 0 bridgehead atoms. The van der Waals surface area contributed by atoms with E-state index in [9.17, 15) is 13.6 Å². The maximum Gasteiger partial charge on any atom is 0.246 e. The van der Waals surface area contributed by atoms with Crippen LogP contribution in [0.2, 0.25) is 0 Å². The van der Waals surface area contributed by atoms with E-state index in [-0.39, 0.29) is 17.9 Å². The predicted molar refractivity (Wildman–Crippen MR) is 93.8 cm³/mol. The van der Waals surface area contributed by atoms with Gasteiger partial charge in [-0.05, 0) is 24.5 Å². The van der Waals surface area contributed by atoms with Crippen LogP contribution in [-0.4, -0.2) is 45.2 Å². The Hall–Kier alpha value is -2.97. The molecule has 2 aromatic heterocycles. The minimum Gasteiger partial charge on any atom is -0.341 e. The largest absolute Gasteiger partial charge is 0.341 e. The fourth-order valence-electron chi connectivity index (χ4n) is 3.50. The van der Waals surface area contributed by atoms with Gasteiger partial charge in [0.05, 0.1) is 24.6 Å². The van der Waals surface area contributed by atoms with Crippen molar-refractivity contribution in [1.82, 2.24) is 20.0 Å². The second-order valence-electron chi connectivity index (χ2n) is 6.63. The Kier molecular flexibility index (Phi) is 4.74. The highest BCUT2D eigenvalue weighted by molar-refractivity contribution is 5.82. The number of carbonyl (C=O) groups is 1. The summed E-state index contributed by atoms with van der Waals surface area (Å²) >= 11 is 0. The monoisotopic (exact) mass is 372 g/mol. The molecule has 0 aliphatic carbocycles. The summed E-state index contributed by atoms with van der Waals surface area (Å²) < 4.78 is 26.4. The summed E-state index contributed by atoms with van der Waals surface area (Å²) in [6, 6.07) is 1.07. The van der Waals surface area contributed by atoms with Crippen LogP contribution in [0.15, 0.2) is 36.0 Å². The van der Waals surface area contributed by atoms with E-state index in [0.717, 1.165) is 18.6 Å². The summed E-state index contributed by atoms with van der Waals surface area (Å²) in [6.45, 7) is 1.21. The summed E-state index contributed by atoms with van der Waals surface area (Å²) in [7, 11) is 0. The van der Waals surface area contributed by atoms with Crippen LogP contribution in [0, 0.1) is 17.6 Å². The molecule has 0 radical (unpaired) electrons. The minimum atomic E-state index is -0.478. The fourth-order valence-corrected chi connectivity index (χ4v) is 3.50. The Balaban J connectivity index is 1.41. The number of pyridine rings is 1. The first-order chi connectivity index (χ1) is 13.1. The third-order valence-electron chi connectivity index (χ3n) is 4.90. The molecule has 0 unspecified atom stereocenters. The van der Waals surface area contributed by atoms with Gasteiger partial charge in [0.2, 0.25) is 11.9 Å². The maximum atomic E-state index is 13.5. The molecular weight excluding hydrogens is 354 g/mol. The number of hydrogen-bond donors (Lipinski definition) is 0. The Morgan fingerprint density at radius 1 is 1.04 bits per heavy atom. The molecule has 0 N–H and O–H groups in total. The first kappa shape index (κ1) is 17.4. The number of hydrogen-bond acceptors (Lipinski definition) is 6. The molecular formula is C18H18F2N6O.